The lowest BCUT2D eigenvalue weighted by Crippen LogP contribution is -2.40. The summed E-state index contributed by atoms with van der Waals surface area (Å²) in [6.07, 6.45) is 4.64. The molecule has 0 spiro atoms. The lowest BCUT2D eigenvalue weighted by molar-refractivity contribution is -0.147. The maximum Gasteiger partial charge on any atom is 0.307 e. The molecule has 102 valence electrons. The highest BCUT2D eigenvalue weighted by Gasteiger charge is 2.33. The van der Waals surface area contributed by atoms with Gasteiger partial charge in [-0.1, -0.05) is 19.1 Å². The summed E-state index contributed by atoms with van der Waals surface area (Å²) in [4.78, 5) is 23.0. The molecule has 5 heteroatoms. The zero-order chi connectivity index (χ0) is 13.5. The first kappa shape index (κ1) is 14.7. The topological polar surface area (TPSA) is 75.6 Å². The molecule has 3 atom stereocenters. The summed E-state index contributed by atoms with van der Waals surface area (Å²) in [6.45, 7) is 3.06. The largest absolute Gasteiger partial charge is 0.481 e. The van der Waals surface area contributed by atoms with Gasteiger partial charge in [-0.3, -0.25) is 9.59 Å². The Hall–Kier alpha value is -1.36. The molecule has 0 saturated carbocycles. The maximum absolute atomic E-state index is 12.0. The van der Waals surface area contributed by atoms with Crippen LogP contribution in [-0.2, 0) is 14.3 Å². The second-order valence-electron chi connectivity index (χ2n) is 4.80. The molecule has 1 aliphatic carbocycles. The first-order chi connectivity index (χ1) is 8.56. The predicted molar refractivity (Wildman–Crippen MR) is 67.0 cm³/mol. The summed E-state index contributed by atoms with van der Waals surface area (Å²) in [7, 11) is 1.62. The number of aliphatic carboxylic acids is 1. The standard InChI is InChI=1S/C13H21NO4/c1-9(8-18-2)7-14-12(15)10-5-3-4-6-11(10)13(16)17/h3-4,9-11H,5-8H2,1-2H3,(H,14,15)(H,16,17). The third-order valence-corrected chi connectivity index (χ3v) is 3.16. The summed E-state index contributed by atoms with van der Waals surface area (Å²) < 4.78 is 4.98. The molecule has 5 nitrogen and oxygen atoms in total. The third-order valence-electron chi connectivity index (χ3n) is 3.16. The second kappa shape index (κ2) is 7.16. The Morgan fingerprint density at radius 3 is 2.56 bits per heavy atom. The molecule has 1 rings (SSSR count). The van der Waals surface area contributed by atoms with Crippen LogP contribution in [0.15, 0.2) is 12.2 Å². The molecule has 0 aromatic carbocycles. The Labute approximate surface area is 107 Å². The molecular formula is C13H21NO4. The van der Waals surface area contributed by atoms with Crippen molar-refractivity contribution >= 4 is 11.9 Å². The van der Waals surface area contributed by atoms with Crippen molar-refractivity contribution in [3.05, 3.63) is 12.2 Å². The van der Waals surface area contributed by atoms with Crippen molar-refractivity contribution in [2.24, 2.45) is 17.8 Å². The summed E-state index contributed by atoms with van der Waals surface area (Å²) in [6, 6.07) is 0. The number of methoxy groups -OCH3 is 1. The van der Waals surface area contributed by atoms with Gasteiger partial charge in [0.15, 0.2) is 0 Å². The Kier molecular flexibility index (Phi) is 5.85. The van der Waals surface area contributed by atoms with E-state index in [0.29, 0.717) is 26.0 Å². The van der Waals surface area contributed by atoms with Crippen LogP contribution in [0.1, 0.15) is 19.8 Å². The van der Waals surface area contributed by atoms with Crippen LogP contribution < -0.4 is 5.32 Å². The number of nitrogens with one attached hydrogen (secondary N) is 1. The lowest BCUT2D eigenvalue weighted by Gasteiger charge is -2.24. The number of hydrogen-bond donors (Lipinski definition) is 2. The highest BCUT2D eigenvalue weighted by Crippen LogP contribution is 2.25. The number of rotatable bonds is 6. The number of carbonyl (C=O) groups is 2. The van der Waals surface area contributed by atoms with E-state index in [0.717, 1.165) is 0 Å². The molecular weight excluding hydrogens is 234 g/mol. The van der Waals surface area contributed by atoms with Gasteiger partial charge in [-0.15, -0.1) is 0 Å². The highest BCUT2D eigenvalue weighted by molar-refractivity contribution is 5.85. The van der Waals surface area contributed by atoms with E-state index >= 15 is 0 Å². The molecule has 3 unspecified atom stereocenters. The minimum absolute atomic E-state index is 0.172. The van der Waals surface area contributed by atoms with Gasteiger partial charge in [-0.25, -0.2) is 0 Å². The molecule has 0 heterocycles. The normalized spacial score (nSPS) is 24.6. The number of allylic oxidation sites excluding steroid dienone is 2. The average molecular weight is 255 g/mol. The monoisotopic (exact) mass is 255 g/mol. The van der Waals surface area contributed by atoms with Crippen molar-refractivity contribution in [1.29, 1.82) is 0 Å². The first-order valence-corrected chi connectivity index (χ1v) is 6.20. The quantitative estimate of drug-likeness (QED) is 0.696. The number of ether oxygens (including phenoxy) is 1. The van der Waals surface area contributed by atoms with Crippen molar-refractivity contribution in [2.45, 2.75) is 19.8 Å². The fourth-order valence-corrected chi connectivity index (χ4v) is 2.13. The van der Waals surface area contributed by atoms with E-state index in [-0.39, 0.29) is 11.8 Å². The third kappa shape index (κ3) is 4.14. The second-order valence-corrected chi connectivity index (χ2v) is 4.80. The molecule has 0 fully saturated rings. The van der Waals surface area contributed by atoms with Crippen LogP contribution in [0.2, 0.25) is 0 Å². The number of carbonyl (C=O) groups excluding carboxylic acids is 1. The predicted octanol–water partition coefficient (Wildman–Crippen LogP) is 1.05. The van der Waals surface area contributed by atoms with Crippen LogP contribution in [0.4, 0.5) is 0 Å². The average Bonchev–Trinajstić information content (AvgIpc) is 2.36. The van der Waals surface area contributed by atoms with Crippen LogP contribution in [0.3, 0.4) is 0 Å². The van der Waals surface area contributed by atoms with Gasteiger partial charge in [0, 0.05) is 13.7 Å². The molecule has 0 aliphatic heterocycles. The van der Waals surface area contributed by atoms with E-state index in [1.165, 1.54) is 0 Å². The van der Waals surface area contributed by atoms with E-state index in [4.69, 9.17) is 9.84 Å². The van der Waals surface area contributed by atoms with Gasteiger partial charge in [0.1, 0.15) is 0 Å². The van der Waals surface area contributed by atoms with Crippen LogP contribution in [0.25, 0.3) is 0 Å². The smallest absolute Gasteiger partial charge is 0.307 e. The molecule has 0 aromatic rings. The Balaban J connectivity index is 2.49. The minimum atomic E-state index is -0.899. The van der Waals surface area contributed by atoms with Crippen LogP contribution in [0.5, 0.6) is 0 Å². The molecule has 1 amide bonds. The van der Waals surface area contributed by atoms with Crippen LogP contribution in [0, 0.1) is 17.8 Å². The summed E-state index contributed by atoms with van der Waals surface area (Å²) in [5, 5.41) is 11.9. The van der Waals surface area contributed by atoms with E-state index in [1.807, 2.05) is 19.1 Å². The fourth-order valence-electron chi connectivity index (χ4n) is 2.13. The Morgan fingerprint density at radius 2 is 2.00 bits per heavy atom. The van der Waals surface area contributed by atoms with Gasteiger partial charge in [0.05, 0.1) is 18.4 Å². The van der Waals surface area contributed by atoms with E-state index in [9.17, 15) is 9.59 Å². The van der Waals surface area contributed by atoms with Gasteiger partial charge < -0.3 is 15.2 Å². The van der Waals surface area contributed by atoms with Gasteiger partial charge in [0.2, 0.25) is 5.91 Å². The van der Waals surface area contributed by atoms with Crippen molar-refractivity contribution in [1.82, 2.24) is 5.32 Å². The first-order valence-electron chi connectivity index (χ1n) is 6.20. The van der Waals surface area contributed by atoms with Crippen molar-refractivity contribution < 1.29 is 19.4 Å². The molecule has 0 radical (unpaired) electrons. The summed E-state index contributed by atoms with van der Waals surface area (Å²) in [5.41, 5.74) is 0. The zero-order valence-corrected chi connectivity index (χ0v) is 10.9. The molecule has 18 heavy (non-hydrogen) atoms. The zero-order valence-electron chi connectivity index (χ0n) is 10.9. The number of carboxylic acids is 1. The molecule has 0 bridgehead atoms. The molecule has 1 aliphatic rings. The van der Waals surface area contributed by atoms with Gasteiger partial charge in [-0.05, 0) is 18.8 Å². The SMILES string of the molecule is COCC(C)CNC(=O)C1CC=CCC1C(=O)O. The number of hydrogen-bond acceptors (Lipinski definition) is 3. The Bertz CT molecular complexity index is 327. The lowest BCUT2D eigenvalue weighted by atomic mass is 9.82. The number of carboxylic acid groups (broad SMARTS) is 1. The van der Waals surface area contributed by atoms with Gasteiger partial charge in [0.25, 0.3) is 0 Å². The van der Waals surface area contributed by atoms with E-state index < -0.39 is 17.8 Å². The van der Waals surface area contributed by atoms with Crippen molar-refractivity contribution in [3.8, 4) is 0 Å². The molecule has 0 saturated heterocycles. The Morgan fingerprint density at radius 1 is 1.39 bits per heavy atom. The van der Waals surface area contributed by atoms with Crippen LogP contribution >= 0.6 is 0 Å². The maximum atomic E-state index is 12.0. The highest BCUT2D eigenvalue weighted by atomic mass is 16.5. The van der Waals surface area contributed by atoms with Crippen LogP contribution in [-0.4, -0.2) is 37.2 Å². The van der Waals surface area contributed by atoms with E-state index in [2.05, 4.69) is 5.32 Å². The van der Waals surface area contributed by atoms with Crippen molar-refractivity contribution in [3.63, 3.8) is 0 Å². The van der Waals surface area contributed by atoms with Gasteiger partial charge >= 0.3 is 5.97 Å². The van der Waals surface area contributed by atoms with E-state index in [1.54, 1.807) is 7.11 Å². The summed E-state index contributed by atoms with van der Waals surface area (Å²) in [5.74, 6) is -1.91. The van der Waals surface area contributed by atoms with Gasteiger partial charge in [-0.2, -0.15) is 0 Å². The fraction of sp³-hybridized carbons (Fsp3) is 0.692. The molecule has 2 N–H and O–H groups in total. The molecule has 0 aromatic heterocycles. The van der Waals surface area contributed by atoms with Crippen molar-refractivity contribution in [2.75, 3.05) is 20.3 Å². The minimum Gasteiger partial charge on any atom is -0.481 e. The number of amides is 1. The summed E-state index contributed by atoms with van der Waals surface area (Å²) >= 11 is 0.